The van der Waals surface area contributed by atoms with E-state index in [-0.39, 0.29) is 6.54 Å². The largest absolute Gasteiger partial charge is 0.430 e. The van der Waals surface area contributed by atoms with Gasteiger partial charge in [-0.2, -0.15) is 5.06 Å². The van der Waals surface area contributed by atoms with Gasteiger partial charge in [-0.25, -0.2) is 4.99 Å². The number of carbonyl (C=O) groups excluding carboxylic acids is 2. The third kappa shape index (κ3) is 4.12. The average Bonchev–Trinajstić information content (AvgIpc) is 2.84. The maximum Gasteiger partial charge on any atom is 0.312 e. The van der Waals surface area contributed by atoms with Crippen LogP contribution < -0.4 is 4.90 Å². The molecule has 1 fully saturated rings. The number of thiol groups is 1. The monoisotopic (exact) mass is 425 g/mol. The van der Waals surface area contributed by atoms with Gasteiger partial charge < -0.3 is 14.8 Å². The van der Waals surface area contributed by atoms with E-state index in [9.17, 15) is 14.8 Å². The topological polar surface area (TPSA) is 82.4 Å². The first-order valence-corrected chi connectivity index (χ1v) is 10.3. The molecular weight excluding hydrogens is 402 g/mol. The molecule has 2 atom stereocenters. The molecule has 0 aliphatic carbocycles. The molecule has 2 aromatic rings. The molecule has 156 valence electrons. The van der Waals surface area contributed by atoms with Gasteiger partial charge in [-0.1, -0.05) is 30.3 Å². The smallest absolute Gasteiger partial charge is 0.312 e. The molecule has 0 bridgehead atoms. The minimum Gasteiger partial charge on any atom is -0.430 e. The van der Waals surface area contributed by atoms with E-state index in [1.807, 2.05) is 42.5 Å². The molecule has 1 amide bonds. The molecule has 0 spiro atoms. The number of likely N-dealkylation sites (N-methyl/N-ethyl adjacent to an activating group) is 1. The lowest BCUT2D eigenvalue weighted by molar-refractivity contribution is -0.169. The number of amides is 1. The van der Waals surface area contributed by atoms with Gasteiger partial charge in [0.25, 0.3) is 12.1 Å². The van der Waals surface area contributed by atoms with Crippen LogP contribution >= 0.6 is 12.6 Å². The zero-order chi connectivity index (χ0) is 21.3. The average molecular weight is 426 g/mol. The Morgan fingerprint density at radius 2 is 2.00 bits per heavy atom. The molecule has 30 heavy (non-hydrogen) atoms. The second kappa shape index (κ2) is 8.59. The van der Waals surface area contributed by atoms with E-state index in [1.165, 1.54) is 4.90 Å². The maximum absolute atomic E-state index is 13.1. The van der Waals surface area contributed by atoms with Gasteiger partial charge in [0.1, 0.15) is 0 Å². The molecule has 2 aromatic carbocycles. The molecule has 2 unspecified atom stereocenters. The van der Waals surface area contributed by atoms with Crippen LogP contribution in [0.5, 0.6) is 0 Å². The van der Waals surface area contributed by atoms with Gasteiger partial charge in [-0.3, -0.25) is 9.59 Å². The first-order valence-electron chi connectivity index (χ1n) is 9.82. The molecule has 2 heterocycles. The first-order chi connectivity index (χ1) is 14.4. The maximum atomic E-state index is 13.1. The number of anilines is 1. The third-order valence-corrected chi connectivity index (χ3v) is 5.67. The number of esters is 1. The van der Waals surface area contributed by atoms with E-state index >= 15 is 0 Å². The molecule has 8 heteroatoms. The molecule has 0 saturated carbocycles. The van der Waals surface area contributed by atoms with Crippen LogP contribution in [0, 0.1) is 5.92 Å². The van der Waals surface area contributed by atoms with Crippen LogP contribution in [0.15, 0.2) is 58.4 Å². The quantitative estimate of drug-likeness (QED) is 0.584. The highest BCUT2D eigenvalue weighted by atomic mass is 32.1. The number of piperidine rings is 1. The lowest BCUT2D eigenvalue weighted by Crippen LogP contribution is -2.42. The van der Waals surface area contributed by atoms with Gasteiger partial charge in [0.15, 0.2) is 0 Å². The van der Waals surface area contributed by atoms with Crippen LogP contribution in [0.3, 0.4) is 0 Å². The van der Waals surface area contributed by atoms with Crippen molar-refractivity contribution in [3.63, 3.8) is 0 Å². The number of hydroxylamine groups is 2. The Kier molecular flexibility index (Phi) is 5.90. The predicted molar refractivity (Wildman–Crippen MR) is 115 cm³/mol. The van der Waals surface area contributed by atoms with Crippen molar-refractivity contribution in [2.75, 3.05) is 25.0 Å². The minimum absolute atomic E-state index is 0.189. The number of ether oxygens (including phenoxy) is 1. The van der Waals surface area contributed by atoms with Crippen LogP contribution in [-0.2, 0) is 14.3 Å². The van der Waals surface area contributed by atoms with Crippen molar-refractivity contribution < 1.29 is 19.5 Å². The Bertz CT molecular complexity index is 995. The summed E-state index contributed by atoms with van der Waals surface area (Å²) < 4.78 is 5.58. The number of benzene rings is 2. The first kappa shape index (κ1) is 20.6. The van der Waals surface area contributed by atoms with Gasteiger partial charge in [-0.05, 0) is 31.0 Å². The fourth-order valence-electron chi connectivity index (χ4n) is 3.79. The van der Waals surface area contributed by atoms with E-state index in [4.69, 9.17) is 4.74 Å². The Morgan fingerprint density at radius 3 is 2.73 bits per heavy atom. The second-order valence-electron chi connectivity index (χ2n) is 7.48. The molecule has 2 aliphatic rings. The summed E-state index contributed by atoms with van der Waals surface area (Å²) in [6.07, 6.45) is -0.0169. The summed E-state index contributed by atoms with van der Waals surface area (Å²) >= 11 is 4.44. The standard InChI is InChI=1S/C22H23N3O4S/c1-24-18-10-9-16(30)12-17(18)19(14-6-3-2-4-7-14)23-20(21(24)26)29-22(27)15-8-5-11-25(28)13-15/h2-4,6-7,9-10,12,15,20,28,30H,5,8,11,13H2,1H3. The van der Waals surface area contributed by atoms with Crippen molar-refractivity contribution in [1.82, 2.24) is 5.06 Å². The molecule has 1 N–H and O–H groups in total. The molecule has 2 aliphatic heterocycles. The number of rotatable bonds is 3. The third-order valence-electron chi connectivity index (χ3n) is 5.39. The zero-order valence-electron chi connectivity index (χ0n) is 16.6. The van der Waals surface area contributed by atoms with E-state index in [1.54, 1.807) is 13.1 Å². The fourth-order valence-corrected chi connectivity index (χ4v) is 3.99. The highest BCUT2D eigenvalue weighted by molar-refractivity contribution is 7.80. The summed E-state index contributed by atoms with van der Waals surface area (Å²) in [6.45, 7) is 0.709. The number of hydrogen-bond donors (Lipinski definition) is 2. The highest BCUT2D eigenvalue weighted by Gasteiger charge is 2.35. The van der Waals surface area contributed by atoms with Crippen molar-refractivity contribution in [3.8, 4) is 0 Å². The number of fused-ring (bicyclic) bond motifs is 1. The summed E-state index contributed by atoms with van der Waals surface area (Å²) in [4.78, 5) is 32.6. The molecule has 7 nitrogen and oxygen atoms in total. The molecule has 1 saturated heterocycles. The van der Waals surface area contributed by atoms with Crippen molar-refractivity contribution in [3.05, 3.63) is 59.7 Å². The van der Waals surface area contributed by atoms with Crippen LogP contribution in [0.25, 0.3) is 0 Å². The Hall–Kier alpha value is -2.68. The lowest BCUT2D eigenvalue weighted by Gasteiger charge is -2.27. The molecule has 0 radical (unpaired) electrons. The number of nitrogens with zero attached hydrogens (tertiary/aromatic N) is 3. The van der Waals surface area contributed by atoms with Crippen molar-refractivity contribution >= 4 is 35.9 Å². The minimum atomic E-state index is -1.30. The number of hydrogen-bond acceptors (Lipinski definition) is 7. The van der Waals surface area contributed by atoms with Crippen molar-refractivity contribution in [1.29, 1.82) is 0 Å². The van der Waals surface area contributed by atoms with Crippen LogP contribution in [0.2, 0.25) is 0 Å². The van der Waals surface area contributed by atoms with Gasteiger partial charge in [0, 0.05) is 36.2 Å². The summed E-state index contributed by atoms with van der Waals surface area (Å²) in [5, 5.41) is 10.8. The van der Waals surface area contributed by atoms with Crippen LogP contribution in [0.1, 0.15) is 24.0 Å². The number of benzodiazepines with no additional fused rings is 1. The number of aliphatic imine (C=N–C) groups is 1. The number of carbonyl (C=O) groups is 2. The Morgan fingerprint density at radius 1 is 1.23 bits per heavy atom. The second-order valence-corrected chi connectivity index (χ2v) is 8.00. The Labute approximate surface area is 180 Å². The molecule has 4 rings (SSSR count). The van der Waals surface area contributed by atoms with Gasteiger partial charge >= 0.3 is 5.97 Å². The van der Waals surface area contributed by atoms with Crippen molar-refractivity contribution in [2.24, 2.45) is 10.9 Å². The highest BCUT2D eigenvalue weighted by Crippen LogP contribution is 2.30. The summed E-state index contributed by atoms with van der Waals surface area (Å²) in [7, 11) is 1.64. The van der Waals surface area contributed by atoms with E-state index in [2.05, 4.69) is 17.6 Å². The van der Waals surface area contributed by atoms with E-state index in [0.29, 0.717) is 30.8 Å². The van der Waals surface area contributed by atoms with Gasteiger partial charge in [0.2, 0.25) is 0 Å². The normalized spacial score (nSPS) is 22.2. The zero-order valence-corrected chi connectivity index (χ0v) is 17.5. The van der Waals surface area contributed by atoms with E-state index < -0.39 is 24.0 Å². The summed E-state index contributed by atoms with van der Waals surface area (Å²) in [5.41, 5.74) is 2.77. The Balaban J connectivity index is 1.73. The fraction of sp³-hybridized carbons (Fsp3) is 0.318. The summed E-state index contributed by atoms with van der Waals surface area (Å²) in [5.74, 6) is -1.46. The SMILES string of the molecule is CN1C(=O)C(OC(=O)C2CCCN(O)C2)N=C(c2ccccc2)c2cc(S)ccc21. The van der Waals surface area contributed by atoms with Crippen LogP contribution in [-0.4, -0.2) is 54.2 Å². The van der Waals surface area contributed by atoms with Gasteiger partial charge in [-0.15, -0.1) is 12.6 Å². The molecular formula is C22H23N3O4S. The lowest BCUT2D eigenvalue weighted by atomic mass is 10.00. The van der Waals surface area contributed by atoms with Crippen molar-refractivity contribution in [2.45, 2.75) is 24.0 Å². The van der Waals surface area contributed by atoms with Gasteiger partial charge in [0.05, 0.1) is 17.3 Å². The molecule has 0 aromatic heterocycles. The summed E-state index contributed by atoms with van der Waals surface area (Å²) in [6, 6.07) is 14.9. The predicted octanol–water partition coefficient (Wildman–Crippen LogP) is 2.76. The van der Waals surface area contributed by atoms with E-state index in [0.717, 1.165) is 21.1 Å². The van der Waals surface area contributed by atoms with Crippen LogP contribution in [0.4, 0.5) is 5.69 Å².